The third-order valence-corrected chi connectivity index (χ3v) is 11.5. The van der Waals surface area contributed by atoms with E-state index in [1.165, 1.54) is 0 Å². The first-order valence-electron chi connectivity index (χ1n) is 23.9. The summed E-state index contributed by atoms with van der Waals surface area (Å²) in [5, 5.41) is 0. The van der Waals surface area contributed by atoms with E-state index in [0.717, 1.165) is 22.3 Å². The standard InChI is InChI=1S/C54H78N2O10/c1-53(2,3)54(4)65-51(41-55(25-29-57-33-37-61-43-47-17-9-5-10-18-47)26-30-58-34-38-62-44-48-19-11-6-12-20-48)52(66-54)42-56(27-31-59-35-39-63-45-49-21-13-7-14-22-49)28-32-60-36-40-64-46-50-23-15-8-16-24-50/h5-24,51-52H,25-46H2,1-4H3. The second-order valence-electron chi connectivity index (χ2n) is 17.7. The van der Waals surface area contributed by atoms with Gasteiger partial charge in [0, 0.05) is 44.7 Å². The lowest BCUT2D eigenvalue weighted by Gasteiger charge is -2.37. The number of rotatable bonds is 36. The monoisotopic (exact) mass is 915 g/mol. The van der Waals surface area contributed by atoms with Gasteiger partial charge in [-0.1, -0.05) is 142 Å². The van der Waals surface area contributed by atoms with E-state index in [-0.39, 0.29) is 17.6 Å². The smallest absolute Gasteiger partial charge is 0.171 e. The Kier molecular flexibility index (Phi) is 25.4. The van der Waals surface area contributed by atoms with Crippen molar-refractivity contribution in [3.63, 3.8) is 0 Å². The van der Waals surface area contributed by atoms with Crippen LogP contribution >= 0.6 is 0 Å². The number of hydrogen-bond acceptors (Lipinski definition) is 12. The van der Waals surface area contributed by atoms with Crippen molar-refractivity contribution < 1.29 is 47.4 Å². The quantitative estimate of drug-likeness (QED) is 0.0413. The summed E-state index contributed by atoms with van der Waals surface area (Å²) in [5.41, 5.74) is 4.33. The SMILES string of the molecule is CC(C)(C)C1(C)OC(CN(CCOCCOCc2ccccc2)CCOCCOCc2ccccc2)C(CN(CCOCCOCc2ccccc2)CCOCCOCc2ccccc2)O1. The van der Waals surface area contributed by atoms with Gasteiger partial charge in [0.15, 0.2) is 5.79 Å². The van der Waals surface area contributed by atoms with Crippen LogP contribution in [-0.2, 0) is 73.8 Å². The van der Waals surface area contributed by atoms with Gasteiger partial charge < -0.3 is 47.4 Å². The van der Waals surface area contributed by atoms with Crippen molar-refractivity contribution in [2.45, 2.75) is 72.1 Å². The van der Waals surface area contributed by atoms with Gasteiger partial charge in [-0.15, -0.1) is 0 Å². The average molecular weight is 915 g/mol. The fourth-order valence-electron chi connectivity index (χ4n) is 7.23. The molecule has 0 aliphatic carbocycles. The molecule has 12 heteroatoms. The molecule has 12 nitrogen and oxygen atoms in total. The van der Waals surface area contributed by atoms with Crippen LogP contribution in [0.15, 0.2) is 121 Å². The maximum atomic E-state index is 6.97. The molecule has 1 fully saturated rings. The Morgan fingerprint density at radius 3 is 0.864 bits per heavy atom. The van der Waals surface area contributed by atoms with E-state index in [0.29, 0.717) is 145 Å². The highest BCUT2D eigenvalue weighted by Gasteiger charge is 2.51. The summed E-state index contributed by atoms with van der Waals surface area (Å²) in [6, 6.07) is 40.8. The molecule has 2 atom stereocenters. The molecular formula is C54H78N2O10. The summed E-state index contributed by atoms with van der Waals surface area (Å²) in [5.74, 6) is -0.794. The molecule has 0 amide bonds. The molecule has 4 aromatic rings. The first-order valence-corrected chi connectivity index (χ1v) is 23.9. The van der Waals surface area contributed by atoms with Crippen LogP contribution in [0, 0.1) is 5.41 Å². The number of hydrogen-bond donors (Lipinski definition) is 0. The largest absolute Gasteiger partial charge is 0.378 e. The lowest BCUT2D eigenvalue weighted by Crippen LogP contribution is -2.46. The summed E-state index contributed by atoms with van der Waals surface area (Å²) in [6.07, 6.45) is -0.417. The van der Waals surface area contributed by atoms with Crippen LogP contribution in [0.25, 0.3) is 0 Å². The zero-order valence-electron chi connectivity index (χ0n) is 40.2. The molecule has 0 saturated carbocycles. The molecule has 2 unspecified atom stereocenters. The zero-order chi connectivity index (χ0) is 46.4. The first kappa shape index (κ1) is 53.4. The fraction of sp³-hybridized carbons (Fsp3) is 0.556. The molecule has 1 heterocycles. The van der Waals surface area contributed by atoms with Crippen LogP contribution in [0.2, 0.25) is 0 Å². The van der Waals surface area contributed by atoms with E-state index in [4.69, 9.17) is 47.4 Å². The Bertz CT molecular complexity index is 1540. The van der Waals surface area contributed by atoms with Gasteiger partial charge in [-0.3, -0.25) is 9.80 Å². The minimum atomic E-state index is -0.794. The summed E-state index contributed by atoms with van der Waals surface area (Å²) in [6.45, 7) is 21.3. The highest BCUT2D eigenvalue weighted by Crippen LogP contribution is 2.42. The maximum absolute atomic E-state index is 6.97. The second kappa shape index (κ2) is 31.4. The van der Waals surface area contributed by atoms with Crippen molar-refractivity contribution in [3.05, 3.63) is 144 Å². The molecule has 1 saturated heterocycles. The molecule has 0 radical (unpaired) electrons. The predicted molar refractivity (Wildman–Crippen MR) is 258 cm³/mol. The van der Waals surface area contributed by atoms with Gasteiger partial charge in [0.1, 0.15) is 12.2 Å². The summed E-state index contributed by atoms with van der Waals surface area (Å²) < 4.78 is 61.9. The summed E-state index contributed by atoms with van der Waals surface area (Å²) in [4.78, 5) is 4.74. The highest BCUT2D eigenvalue weighted by atomic mass is 16.8. The van der Waals surface area contributed by atoms with Crippen molar-refractivity contribution in [2.75, 3.05) is 119 Å². The minimum absolute atomic E-state index is 0.209. The maximum Gasteiger partial charge on any atom is 0.171 e. The Morgan fingerprint density at radius 1 is 0.379 bits per heavy atom. The molecule has 0 spiro atoms. The third-order valence-electron chi connectivity index (χ3n) is 11.5. The lowest BCUT2D eigenvalue weighted by atomic mass is 9.87. The molecule has 1 aliphatic heterocycles. The van der Waals surface area contributed by atoms with Crippen LogP contribution < -0.4 is 0 Å². The molecule has 4 aromatic carbocycles. The lowest BCUT2D eigenvalue weighted by molar-refractivity contribution is -0.225. The molecule has 1 aliphatic rings. The van der Waals surface area contributed by atoms with Crippen molar-refractivity contribution in [1.82, 2.24) is 9.80 Å². The zero-order valence-corrected chi connectivity index (χ0v) is 40.2. The molecule has 0 N–H and O–H groups in total. The Balaban J connectivity index is 1.15. The van der Waals surface area contributed by atoms with Crippen molar-refractivity contribution in [2.24, 2.45) is 5.41 Å². The van der Waals surface area contributed by atoms with Crippen LogP contribution in [-0.4, -0.2) is 146 Å². The van der Waals surface area contributed by atoms with Gasteiger partial charge in [0.05, 0.1) is 106 Å². The van der Waals surface area contributed by atoms with E-state index in [1.807, 2.05) is 72.8 Å². The molecule has 364 valence electrons. The average Bonchev–Trinajstić information content (AvgIpc) is 3.66. The minimum Gasteiger partial charge on any atom is -0.378 e. The number of benzene rings is 4. The van der Waals surface area contributed by atoms with Gasteiger partial charge >= 0.3 is 0 Å². The van der Waals surface area contributed by atoms with Crippen LogP contribution in [0.1, 0.15) is 49.9 Å². The van der Waals surface area contributed by atoms with Gasteiger partial charge in [-0.2, -0.15) is 0 Å². The van der Waals surface area contributed by atoms with E-state index >= 15 is 0 Å². The third kappa shape index (κ3) is 21.6. The molecule has 5 rings (SSSR count). The van der Waals surface area contributed by atoms with Crippen LogP contribution in [0.5, 0.6) is 0 Å². The first-order chi connectivity index (χ1) is 32.3. The number of nitrogens with zero attached hydrogens (tertiary/aromatic N) is 2. The van der Waals surface area contributed by atoms with Gasteiger partial charge in [0.2, 0.25) is 0 Å². The Hall–Kier alpha value is -3.60. The molecular weight excluding hydrogens is 837 g/mol. The normalized spacial score (nSPS) is 17.6. The summed E-state index contributed by atoms with van der Waals surface area (Å²) in [7, 11) is 0. The Labute approximate surface area is 395 Å². The fourth-order valence-corrected chi connectivity index (χ4v) is 7.23. The summed E-state index contributed by atoms with van der Waals surface area (Å²) >= 11 is 0. The molecule has 66 heavy (non-hydrogen) atoms. The number of ether oxygens (including phenoxy) is 10. The van der Waals surface area contributed by atoms with Crippen molar-refractivity contribution >= 4 is 0 Å². The second-order valence-corrected chi connectivity index (χ2v) is 17.7. The Morgan fingerprint density at radius 2 is 0.621 bits per heavy atom. The van der Waals surface area contributed by atoms with E-state index in [9.17, 15) is 0 Å². The topological polar surface area (TPSA) is 98.8 Å². The van der Waals surface area contributed by atoms with Gasteiger partial charge in [-0.05, 0) is 29.2 Å². The van der Waals surface area contributed by atoms with Crippen molar-refractivity contribution in [3.8, 4) is 0 Å². The van der Waals surface area contributed by atoms with Gasteiger partial charge in [0.25, 0.3) is 0 Å². The molecule has 0 bridgehead atoms. The molecule has 0 aromatic heterocycles. The van der Waals surface area contributed by atoms with Crippen molar-refractivity contribution in [1.29, 1.82) is 0 Å². The van der Waals surface area contributed by atoms with E-state index in [2.05, 4.69) is 86.0 Å². The van der Waals surface area contributed by atoms with E-state index < -0.39 is 5.79 Å². The predicted octanol–water partition coefficient (Wildman–Crippen LogP) is 8.07. The van der Waals surface area contributed by atoms with Crippen LogP contribution in [0.3, 0.4) is 0 Å². The van der Waals surface area contributed by atoms with Gasteiger partial charge in [-0.25, -0.2) is 0 Å². The van der Waals surface area contributed by atoms with Crippen LogP contribution in [0.4, 0.5) is 0 Å². The highest BCUT2D eigenvalue weighted by molar-refractivity contribution is 5.15. The van der Waals surface area contributed by atoms with E-state index in [1.54, 1.807) is 0 Å².